The molecule has 2 rings (SSSR count). The fourth-order valence-corrected chi connectivity index (χ4v) is 1.91. The Morgan fingerprint density at radius 1 is 1.56 bits per heavy atom. The van der Waals surface area contributed by atoms with Gasteiger partial charge in [-0.25, -0.2) is 9.18 Å². The second kappa shape index (κ2) is 4.78. The van der Waals surface area contributed by atoms with E-state index in [9.17, 15) is 9.18 Å². The van der Waals surface area contributed by atoms with Gasteiger partial charge in [0.25, 0.3) is 0 Å². The monoisotopic (exact) mass is 269 g/mol. The van der Waals surface area contributed by atoms with Crippen LogP contribution in [0.5, 0.6) is 0 Å². The molecule has 0 radical (unpaired) electrons. The van der Waals surface area contributed by atoms with Crippen LogP contribution in [0.1, 0.15) is 23.0 Å². The molecule has 4 nitrogen and oxygen atoms in total. The molecule has 0 bridgehead atoms. The zero-order valence-electron chi connectivity index (χ0n) is 9.41. The summed E-state index contributed by atoms with van der Waals surface area (Å²) in [4.78, 5) is 11.2. The third-order valence-electron chi connectivity index (χ3n) is 2.48. The first-order chi connectivity index (χ1) is 8.54. The van der Waals surface area contributed by atoms with Crippen molar-refractivity contribution in [1.29, 1.82) is 0 Å². The summed E-state index contributed by atoms with van der Waals surface area (Å²) in [5.74, 6) is -1.39. The molecule has 6 heteroatoms. The largest absolute Gasteiger partial charge is 0.477 e. The van der Waals surface area contributed by atoms with E-state index in [0.29, 0.717) is 12.0 Å². The average Bonchev–Trinajstić information content (AvgIpc) is 2.72. The first kappa shape index (κ1) is 12.6. The zero-order valence-corrected chi connectivity index (χ0v) is 10.2. The van der Waals surface area contributed by atoms with E-state index in [2.05, 4.69) is 5.16 Å². The van der Waals surface area contributed by atoms with E-state index in [1.807, 2.05) is 0 Å². The summed E-state index contributed by atoms with van der Waals surface area (Å²) in [6, 6.07) is 3.66. The molecule has 1 aromatic heterocycles. The maximum Gasteiger partial charge on any atom is 0.341 e. The van der Waals surface area contributed by atoms with Crippen molar-refractivity contribution >= 4 is 17.6 Å². The summed E-state index contributed by atoms with van der Waals surface area (Å²) in [6.45, 7) is 1.75. The molecular weight excluding hydrogens is 261 g/mol. The van der Waals surface area contributed by atoms with E-state index in [0.717, 1.165) is 6.07 Å². The van der Waals surface area contributed by atoms with Crippen molar-refractivity contribution in [2.24, 2.45) is 0 Å². The molecule has 0 saturated carbocycles. The SMILES string of the molecule is CCc1onc(-c2ccc(F)cc2Cl)c1C(=O)O. The molecule has 0 unspecified atom stereocenters. The van der Waals surface area contributed by atoms with Crippen LogP contribution in [0.4, 0.5) is 4.39 Å². The Labute approximate surface area is 107 Å². The van der Waals surface area contributed by atoms with Gasteiger partial charge in [-0.05, 0) is 18.2 Å². The number of hydrogen-bond acceptors (Lipinski definition) is 3. The zero-order chi connectivity index (χ0) is 13.3. The molecule has 0 saturated heterocycles. The lowest BCUT2D eigenvalue weighted by Crippen LogP contribution is -2.01. The Kier molecular flexibility index (Phi) is 3.34. The number of benzene rings is 1. The summed E-state index contributed by atoms with van der Waals surface area (Å²) in [5.41, 5.74) is 0.411. The molecule has 0 aliphatic carbocycles. The van der Waals surface area contributed by atoms with Crippen LogP contribution in [0.3, 0.4) is 0 Å². The lowest BCUT2D eigenvalue weighted by molar-refractivity contribution is 0.0695. The molecule has 0 aliphatic heterocycles. The molecule has 0 aliphatic rings. The Bertz CT molecular complexity index is 609. The van der Waals surface area contributed by atoms with Gasteiger partial charge in [0, 0.05) is 12.0 Å². The van der Waals surface area contributed by atoms with Crippen molar-refractivity contribution in [2.45, 2.75) is 13.3 Å². The fraction of sp³-hybridized carbons (Fsp3) is 0.167. The van der Waals surface area contributed by atoms with Crippen LogP contribution < -0.4 is 0 Å². The van der Waals surface area contributed by atoms with Gasteiger partial charge in [-0.2, -0.15) is 0 Å². The Balaban J connectivity index is 2.64. The minimum atomic E-state index is -1.15. The van der Waals surface area contributed by atoms with Crippen molar-refractivity contribution in [3.05, 3.63) is 40.4 Å². The summed E-state index contributed by atoms with van der Waals surface area (Å²) < 4.78 is 17.9. The van der Waals surface area contributed by atoms with Crippen LogP contribution in [-0.4, -0.2) is 16.2 Å². The highest BCUT2D eigenvalue weighted by atomic mass is 35.5. The number of nitrogens with zero attached hydrogens (tertiary/aromatic N) is 1. The van der Waals surface area contributed by atoms with Crippen LogP contribution in [0, 0.1) is 5.82 Å². The first-order valence-corrected chi connectivity index (χ1v) is 5.59. The van der Waals surface area contributed by atoms with E-state index < -0.39 is 11.8 Å². The van der Waals surface area contributed by atoms with E-state index >= 15 is 0 Å². The number of carboxylic acids is 1. The molecule has 1 N–H and O–H groups in total. The topological polar surface area (TPSA) is 63.3 Å². The van der Waals surface area contributed by atoms with Gasteiger partial charge < -0.3 is 9.63 Å². The van der Waals surface area contributed by atoms with E-state index in [1.165, 1.54) is 12.1 Å². The predicted octanol–water partition coefficient (Wildman–Crippen LogP) is 3.39. The normalized spacial score (nSPS) is 10.6. The molecule has 0 fully saturated rings. The standard InChI is InChI=1S/C12H9ClFNO3/c1-2-9-10(12(16)17)11(15-18-9)7-4-3-6(14)5-8(7)13/h3-5H,2H2,1H3,(H,16,17). The average molecular weight is 270 g/mol. The lowest BCUT2D eigenvalue weighted by Gasteiger charge is -2.01. The number of aromatic carboxylic acids is 1. The van der Waals surface area contributed by atoms with Gasteiger partial charge >= 0.3 is 5.97 Å². The Morgan fingerprint density at radius 3 is 2.83 bits per heavy atom. The summed E-state index contributed by atoms with van der Waals surface area (Å²) in [7, 11) is 0. The first-order valence-electron chi connectivity index (χ1n) is 5.21. The molecule has 1 aromatic carbocycles. The van der Waals surface area contributed by atoms with Crippen LogP contribution in [-0.2, 0) is 6.42 Å². The van der Waals surface area contributed by atoms with Gasteiger partial charge in [0.2, 0.25) is 0 Å². The Morgan fingerprint density at radius 2 is 2.28 bits per heavy atom. The predicted molar refractivity (Wildman–Crippen MR) is 63.2 cm³/mol. The second-order valence-electron chi connectivity index (χ2n) is 3.61. The maximum atomic E-state index is 12.9. The number of carboxylic acid groups (broad SMARTS) is 1. The van der Waals surface area contributed by atoms with Gasteiger partial charge in [0.1, 0.15) is 17.1 Å². The molecule has 0 atom stereocenters. The molecule has 0 amide bonds. The molecule has 18 heavy (non-hydrogen) atoms. The summed E-state index contributed by atoms with van der Waals surface area (Å²) >= 11 is 5.88. The quantitative estimate of drug-likeness (QED) is 0.927. The smallest absolute Gasteiger partial charge is 0.341 e. The highest BCUT2D eigenvalue weighted by molar-refractivity contribution is 6.33. The van der Waals surface area contributed by atoms with Crippen LogP contribution in [0.2, 0.25) is 5.02 Å². The fourth-order valence-electron chi connectivity index (χ4n) is 1.65. The molecule has 2 aromatic rings. The summed E-state index contributed by atoms with van der Waals surface area (Å²) in [5, 5.41) is 13.0. The third kappa shape index (κ3) is 2.09. The van der Waals surface area contributed by atoms with E-state index in [1.54, 1.807) is 6.92 Å². The minimum absolute atomic E-state index is 0.0361. The maximum absolute atomic E-state index is 12.9. The third-order valence-corrected chi connectivity index (χ3v) is 2.80. The van der Waals surface area contributed by atoms with Gasteiger partial charge in [-0.3, -0.25) is 0 Å². The lowest BCUT2D eigenvalue weighted by atomic mass is 10.1. The highest BCUT2D eigenvalue weighted by Gasteiger charge is 2.23. The van der Waals surface area contributed by atoms with Crippen molar-refractivity contribution < 1.29 is 18.8 Å². The number of aryl methyl sites for hydroxylation is 1. The molecule has 94 valence electrons. The van der Waals surface area contributed by atoms with Gasteiger partial charge in [0.15, 0.2) is 5.76 Å². The second-order valence-corrected chi connectivity index (χ2v) is 4.02. The van der Waals surface area contributed by atoms with Gasteiger partial charge in [0.05, 0.1) is 5.02 Å². The van der Waals surface area contributed by atoms with Crippen LogP contribution in [0.25, 0.3) is 11.3 Å². The molecular formula is C12H9ClFNO3. The van der Waals surface area contributed by atoms with Crippen LogP contribution >= 0.6 is 11.6 Å². The minimum Gasteiger partial charge on any atom is -0.477 e. The van der Waals surface area contributed by atoms with Crippen molar-refractivity contribution in [3.8, 4) is 11.3 Å². The Hall–Kier alpha value is -1.88. The van der Waals surface area contributed by atoms with Crippen molar-refractivity contribution in [2.75, 3.05) is 0 Å². The van der Waals surface area contributed by atoms with Crippen molar-refractivity contribution in [3.63, 3.8) is 0 Å². The number of rotatable bonds is 3. The summed E-state index contributed by atoms with van der Waals surface area (Å²) in [6.07, 6.45) is 0.396. The van der Waals surface area contributed by atoms with Gasteiger partial charge in [-0.15, -0.1) is 0 Å². The van der Waals surface area contributed by atoms with Gasteiger partial charge in [-0.1, -0.05) is 23.7 Å². The number of hydrogen-bond donors (Lipinski definition) is 1. The van der Waals surface area contributed by atoms with E-state index in [-0.39, 0.29) is 22.0 Å². The highest BCUT2D eigenvalue weighted by Crippen LogP contribution is 2.32. The molecule has 0 spiro atoms. The van der Waals surface area contributed by atoms with Crippen LogP contribution in [0.15, 0.2) is 22.7 Å². The molecule has 1 heterocycles. The van der Waals surface area contributed by atoms with Crippen molar-refractivity contribution in [1.82, 2.24) is 5.16 Å². The number of halogens is 2. The number of aromatic nitrogens is 1. The number of carbonyl (C=O) groups is 1. The van der Waals surface area contributed by atoms with E-state index in [4.69, 9.17) is 21.2 Å².